The molecule has 0 saturated heterocycles. The SMILES string of the molecule is CCNC(=O)Cc1c(C)n(C(=O)c2cccc(Cl)c2)c2ccc(O)cc12. The molecule has 0 radical (unpaired) electrons. The number of benzene rings is 2. The molecule has 0 spiro atoms. The van der Waals surface area contributed by atoms with Gasteiger partial charge in [0.05, 0.1) is 11.9 Å². The predicted octanol–water partition coefficient (Wildman–Crippen LogP) is 3.68. The van der Waals surface area contributed by atoms with Crippen LogP contribution in [0.4, 0.5) is 0 Å². The second kappa shape index (κ2) is 7.22. The molecule has 26 heavy (non-hydrogen) atoms. The first-order valence-corrected chi connectivity index (χ1v) is 8.70. The number of phenolic OH excluding ortho intramolecular Hbond substituents is 1. The maximum atomic E-state index is 13.1. The highest BCUT2D eigenvalue weighted by Gasteiger charge is 2.21. The van der Waals surface area contributed by atoms with Gasteiger partial charge in [-0.2, -0.15) is 0 Å². The van der Waals surface area contributed by atoms with Crippen molar-refractivity contribution in [3.05, 3.63) is 64.3 Å². The molecular weight excluding hydrogens is 352 g/mol. The fourth-order valence-electron chi connectivity index (χ4n) is 3.13. The number of aromatic nitrogens is 1. The van der Waals surface area contributed by atoms with E-state index < -0.39 is 0 Å². The zero-order valence-electron chi connectivity index (χ0n) is 14.5. The largest absolute Gasteiger partial charge is 0.508 e. The second-order valence-electron chi connectivity index (χ2n) is 6.05. The Morgan fingerprint density at radius 2 is 1.96 bits per heavy atom. The number of hydrogen-bond acceptors (Lipinski definition) is 3. The lowest BCUT2D eigenvalue weighted by Crippen LogP contribution is -2.24. The van der Waals surface area contributed by atoms with Crippen LogP contribution in [-0.2, 0) is 11.2 Å². The topological polar surface area (TPSA) is 71.3 Å². The van der Waals surface area contributed by atoms with E-state index >= 15 is 0 Å². The van der Waals surface area contributed by atoms with Gasteiger partial charge in [0, 0.05) is 28.2 Å². The molecule has 1 heterocycles. The molecule has 134 valence electrons. The summed E-state index contributed by atoms with van der Waals surface area (Å²) >= 11 is 6.02. The third-order valence-corrected chi connectivity index (χ3v) is 4.54. The molecule has 0 bridgehead atoms. The maximum absolute atomic E-state index is 13.1. The zero-order chi connectivity index (χ0) is 18.8. The Balaban J connectivity index is 2.18. The van der Waals surface area contributed by atoms with E-state index in [0.717, 1.165) is 5.56 Å². The third-order valence-electron chi connectivity index (χ3n) is 4.30. The summed E-state index contributed by atoms with van der Waals surface area (Å²) in [7, 11) is 0. The molecule has 3 aromatic rings. The minimum absolute atomic E-state index is 0.0852. The smallest absolute Gasteiger partial charge is 0.262 e. The molecule has 1 aromatic heterocycles. The van der Waals surface area contributed by atoms with Crippen LogP contribution < -0.4 is 5.32 Å². The highest BCUT2D eigenvalue weighted by atomic mass is 35.5. The van der Waals surface area contributed by atoms with Crippen LogP contribution in [0, 0.1) is 6.92 Å². The number of halogens is 1. The van der Waals surface area contributed by atoms with Gasteiger partial charge in [-0.15, -0.1) is 0 Å². The van der Waals surface area contributed by atoms with Gasteiger partial charge in [0.1, 0.15) is 5.75 Å². The van der Waals surface area contributed by atoms with Gasteiger partial charge in [-0.3, -0.25) is 14.2 Å². The lowest BCUT2D eigenvalue weighted by Gasteiger charge is -2.08. The van der Waals surface area contributed by atoms with Crippen molar-refractivity contribution in [2.45, 2.75) is 20.3 Å². The molecular formula is C20H19ClN2O3. The van der Waals surface area contributed by atoms with E-state index in [0.29, 0.717) is 33.7 Å². The van der Waals surface area contributed by atoms with E-state index in [1.807, 2.05) is 6.92 Å². The molecule has 0 unspecified atom stereocenters. The quantitative estimate of drug-likeness (QED) is 0.736. The van der Waals surface area contributed by atoms with Gasteiger partial charge in [-0.25, -0.2) is 0 Å². The first kappa shape index (κ1) is 18.0. The van der Waals surface area contributed by atoms with Crippen molar-refractivity contribution in [3.63, 3.8) is 0 Å². The van der Waals surface area contributed by atoms with Crippen molar-refractivity contribution < 1.29 is 14.7 Å². The van der Waals surface area contributed by atoms with E-state index in [1.54, 1.807) is 47.9 Å². The van der Waals surface area contributed by atoms with E-state index in [2.05, 4.69) is 5.32 Å². The summed E-state index contributed by atoms with van der Waals surface area (Å²) in [5.41, 5.74) is 2.48. The summed E-state index contributed by atoms with van der Waals surface area (Å²) in [4.78, 5) is 25.2. The van der Waals surface area contributed by atoms with Crippen molar-refractivity contribution in [2.24, 2.45) is 0 Å². The average Bonchev–Trinajstić information content (AvgIpc) is 2.86. The van der Waals surface area contributed by atoms with Crippen molar-refractivity contribution in [2.75, 3.05) is 6.54 Å². The minimum Gasteiger partial charge on any atom is -0.508 e. The number of rotatable bonds is 4. The second-order valence-corrected chi connectivity index (χ2v) is 6.48. The monoisotopic (exact) mass is 370 g/mol. The Hall–Kier alpha value is -2.79. The number of phenols is 1. The zero-order valence-corrected chi connectivity index (χ0v) is 15.3. The van der Waals surface area contributed by atoms with Crippen LogP contribution in [0.3, 0.4) is 0 Å². The van der Waals surface area contributed by atoms with E-state index in [-0.39, 0.29) is 24.0 Å². The third kappa shape index (κ3) is 3.30. The molecule has 0 atom stereocenters. The number of fused-ring (bicyclic) bond motifs is 1. The highest BCUT2D eigenvalue weighted by Crippen LogP contribution is 2.30. The van der Waals surface area contributed by atoms with Crippen LogP contribution in [0.15, 0.2) is 42.5 Å². The molecule has 0 saturated carbocycles. The van der Waals surface area contributed by atoms with Crippen LogP contribution in [0.2, 0.25) is 5.02 Å². The normalized spacial score (nSPS) is 10.9. The van der Waals surface area contributed by atoms with E-state index in [9.17, 15) is 14.7 Å². The number of amides is 1. The van der Waals surface area contributed by atoms with Crippen LogP contribution in [0.1, 0.15) is 28.5 Å². The summed E-state index contributed by atoms with van der Waals surface area (Å²) in [6.07, 6.45) is 0.134. The first-order valence-electron chi connectivity index (χ1n) is 8.32. The van der Waals surface area contributed by atoms with Crippen LogP contribution in [0.25, 0.3) is 10.9 Å². The number of nitrogens with one attached hydrogen (secondary N) is 1. The number of likely N-dealkylation sites (N-methyl/N-ethyl adjacent to an activating group) is 1. The molecule has 5 nitrogen and oxygen atoms in total. The van der Waals surface area contributed by atoms with Gasteiger partial charge in [-0.1, -0.05) is 17.7 Å². The molecule has 3 rings (SSSR count). The molecule has 0 aliphatic carbocycles. The summed E-state index contributed by atoms with van der Waals surface area (Å²) in [5.74, 6) is -0.280. The van der Waals surface area contributed by atoms with Gasteiger partial charge in [0.2, 0.25) is 5.91 Å². The standard InChI is InChI=1S/C20H19ClN2O3/c1-3-22-19(25)11-16-12(2)23(18-8-7-15(24)10-17(16)18)20(26)13-5-4-6-14(21)9-13/h4-10,24H,3,11H2,1-2H3,(H,22,25). The summed E-state index contributed by atoms with van der Waals surface area (Å²) < 4.78 is 1.56. The summed E-state index contributed by atoms with van der Waals surface area (Å²) in [6.45, 7) is 4.18. The minimum atomic E-state index is -0.233. The van der Waals surface area contributed by atoms with Crippen molar-refractivity contribution in [3.8, 4) is 5.75 Å². The molecule has 1 amide bonds. The molecule has 0 aliphatic rings. The Morgan fingerprint density at radius 3 is 2.65 bits per heavy atom. The van der Waals surface area contributed by atoms with Gasteiger partial charge in [0.15, 0.2) is 0 Å². The molecule has 6 heteroatoms. The highest BCUT2D eigenvalue weighted by molar-refractivity contribution is 6.31. The number of carbonyl (C=O) groups is 2. The maximum Gasteiger partial charge on any atom is 0.262 e. The fourth-order valence-corrected chi connectivity index (χ4v) is 3.32. The van der Waals surface area contributed by atoms with Crippen LogP contribution in [-0.4, -0.2) is 28.0 Å². The van der Waals surface area contributed by atoms with Gasteiger partial charge >= 0.3 is 0 Å². The van der Waals surface area contributed by atoms with Crippen LogP contribution >= 0.6 is 11.6 Å². The number of carbonyl (C=O) groups excluding carboxylic acids is 2. The number of aromatic hydroxyl groups is 1. The first-order chi connectivity index (χ1) is 12.4. The number of nitrogens with zero attached hydrogens (tertiary/aromatic N) is 1. The fraction of sp³-hybridized carbons (Fsp3) is 0.200. The molecule has 0 fully saturated rings. The van der Waals surface area contributed by atoms with Gasteiger partial charge in [-0.05, 0) is 55.8 Å². The Bertz CT molecular complexity index is 1010. The van der Waals surface area contributed by atoms with Crippen molar-refractivity contribution in [1.82, 2.24) is 9.88 Å². The number of hydrogen-bond donors (Lipinski definition) is 2. The van der Waals surface area contributed by atoms with Crippen molar-refractivity contribution >= 4 is 34.3 Å². The molecule has 2 N–H and O–H groups in total. The summed E-state index contributed by atoms with van der Waals surface area (Å²) in [6, 6.07) is 11.5. The Morgan fingerprint density at radius 1 is 1.19 bits per heavy atom. The predicted molar refractivity (Wildman–Crippen MR) is 102 cm³/mol. The van der Waals surface area contributed by atoms with Crippen LogP contribution in [0.5, 0.6) is 5.75 Å². The van der Waals surface area contributed by atoms with Gasteiger partial charge < -0.3 is 10.4 Å². The Labute approximate surface area is 156 Å². The molecule has 2 aromatic carbocycles. The van der Waals surface area contributed by atoms with E-state index in [1.165, 1.54) is 6.07 Å². The summed E-state index contributed by atoms with van der Waals surface area (Å²) in [5, 5.41) is 13.8. The Kier molecular flexibility index (Phi) is 5.00. The lowest BCUT2D eigenvalue weighted by molar-refractivity contribution is -0.120. The van der Waals surface area contributed by atoms with Crippen molar-refractivity contribution in [1.29, 1.82) is 0 Å². The molecule has 0 aliphatic heterocycles. The lowest BCUT2D eigenvalue weighted by atomic mass is 10.1. The van der Waals surface area contributed by atoms with E-state index in [4.69, 9.17) is 11.6 Å². The van der Waals surface area contributed by atoms with Gasteiger partial charge in [0.25, 0.3) is 5.91 Å². The average molecular weight is 371 g/mol.